The van der Waals surface area contributed by atoms with Gasteiger partial charge >= 0.3 is 0 Å². The maximum atomic E-state index is 12.5. The zero-order chi connectivity index (χ0) is 17.2. The number of β-amino-alcohol motifs (C(OH)–C–C–N with tert-alkyl or cyclic N) is 1. The van der Waals surface area contributed by atoms with Gasteiger partial charge in [0.15, 0.2) is 0 Å². The van der Waals surface area contributed by atoms with Crippen LogP contribution in [-0.2, 0) is 0 Å². The van der Waals surface area contributed by atoms with Gasteiger partial charge in [-0.15, -0.1) is 0 Å². The summed E-state index contributed by atoms with van der Waals surface area (Å²) in [5.41, 5.74) is 0.221. The Morgan fingerprint density at radius 3 is 2.96 bits per heavy atom. The second kappa shape index (κ2) is 6.52. The maximum Gasteiger partial charge on any atom is 0.272 e. The molecule has 0 bridgehead atoms. The van der Waals surface area contributed by atoms with Crippen molar-refractivity contribution in [3.8, 4) is 0 Å². The number of pyridine rings is 1. The predicted molar refractivity (Wildman–Crippen MR) is 89.7 cm³/mol. The average Bonchev–Trinajstić information content (AvgIpc) is 2.97. The van der Waals surface area contributed by atoms with Crippen molar-refractivity contribution in [1.82, 2.24) is 19.9 Å². The summed E-state index contributed by atoms with van der Waals surface area (Å²) in [6.45, 7) is 3.20. The van der Waals surface area contributed by atoms with Crippen LogP contribution in [0.25, 0.3) is 0 Å². The van der Waals surface area contributed by atoms with Crippen molar-refractivity contribution in [2.24, 2.45) is 0 Å². The Balaban J connectivity index is 1.66. The Kier molecular flexibility index (Phi) is 4.44. The van der Waals surface area contributed by atoms with E-state index in [0.29, 0.717) is 25.2 Å². The fourth-order valence-electron chi connectivity index (χ4n) is 3.01. The van der Waals surface area contributed by atoms with Gasteiger partial charge in [0.05, 0.1) is 12.7 Å². The van der Waals surface area contributed by atoms with Gasteiger partial charge in [0, 0.05) is 38.2 Å². The first-order chi connectivity index (χ1) is 11.5. The zero-order valence-corrected chi connectivity index (χ0v) is 13.9. The van der Waals surface area contributed by atoms with Crippen LogP contribution in [-0.4, -0.2) is 63.1 Å². The highest BCUT2D eigenvalue weighted by Gasteiger charge is 2.38. The van der Waals surface area contributed by atoms with Crippen LogP contribution in [0, 0.1) is 6.92 Å². The van der Waals surface area contributed by atoms with Gasteiger partial charge in [0.2, 0.25) is 0 Å². The second-order valence-electron chi connectivity index (χ2n) is 6.28. The molecule has 0 aliphatic carbocycles. The number of hydrogen-bond donors (Lipinski definition) is 1. The molecule has 3 rings (SSSR count). The number of carbonyl (C=O) groups is 1. The van der Waals surface area contributed by atoms with Gasteiger partial charge < -0.3 is 14.9 Å². The minimum absolute atomic E-state index is 0.190. The molecule has 7 heteroatoms. The predicted octanol–water partition coefficient (Wildman–Crippen LogP) is 0.893. The molecule has 0 radical (unpaired) electrons. The molecule has 0 unspecified atom stereocenters. The normalized spacial score (nSPS) is 20.2. The fourth-order valence-corrected chi connectivity index (χ4v) is 3.01. The lowest BCUT2D eigenvalue weighted by Crippen LogP contribution is -2.46. The molecule has 1 aliphatic heterocycles. The lowest BCUT2D eigenvalue weighted by atomic mass is 10.0. The van der Waals surface area contributed by atoms with Crippen LogP contribution in [0.1, 0.15) is 22.6 Å². The van der Waals surface area contributed by atoms with Crippen molar-refractivity contribution in [1.29, 1.82) is 0 Å². The number of nitrogens with zero attached hydrogens (tertiary/aromatic N) is 5. The van der Waals surface area contributed by atoms with E-state index in [-0.39, 0.29) is 12.5 Å². The van der Waals surface area contributed by atoms with Crippen molar-refractivity contribution < 1.29 is 9.90 Å². The Labute approximate surface area is 141 Å². The van der Waals surface area contributed by atoms with Crippen molar-refractivity contribution in [2.45, 2.75) is 18.9 Å². The van der Waals surface area contributed by atoms with Crippen LogP contribution in [0.4, 0.5) is 5.82 Å². The van der Waals surface area contributed by atoms with E-state index >= 15 is 0 Å². The molecule has 7 nitrogen and oxygen atoms in total. The summed E-state index contributed by atoms with van der Waals surface area (Å²) in [4.78, 5) is 28.6. The minimum atomic E-state index is -0.967. The summed E-state index contributed by atoms with van der Waals surface area (Å²) >= 11 is 0. The van der Waals surface area contributed by atoms with Gasteiger partial charge in [-0.3, -0.25) is 9.78 Å². The monoisotopic (exact) mass is 327 g/mol. The molecule has 3 heterocycles. The highest BCUT2D eigenvalue weighted by Crippen LogP contribution is 2.26. The number of aliphatic hydroxyl groups is 1. The van der Waals surface area contributed by atoms with Crippen LogP contribution in [0.3, 0.4) is 0 Å². The first-order valence-corrected chi connectivity index (χ1v) is 7.89. The van der Waals surface area contributed by atoms with Gasteiger partial charge in [0.1, 0.15) is 17.1 Å². The number of anilines is 1. The lowest BCUT2D eigenvalue weighted by molar-refractivity contribution is 0.0262. The number of amides is 1. The molecule has 2 aromatic heterocycles. The van der Waals surface area contributed by atoms with Crippen molar-refractivity contribution >= 4 is 11.7 Å². The van der Waals surface area contributed by atoms with Crippen LogP contribution in [0.2, 0.25) is 0 Å². The Morgan fingerprint density at radius 2 is 2.25 bits per heavy atom. The van der Waals surface area contributed by atoms with Crippen molar-refractivity contribution in [3.05, 3.63) is 48.2 Å². The molecule has 1 saturated heterocycles. The third kappa shape index (κ3) is 3.51. The summed E-state index contributed by atoms with van der Waals surface area (Å²) < 4.78 is 0. The molecule has 24 heavy (non-hydrogen) atoms. The zero-order valence-electron chi connectivity index (χ0n) is 13.9. The van der Waals surface area contributed by atoms with E-state index < -0.39 is 5.60 Å². The van der Waals surface area contributed by atoms with E-state index in [4.69, 9.17) is 0 Å². The number of carbonyl (C=O) groups excluding carboxylic acids is 1. The smallest absolute Gasteiger partial charge is 0.272 e. The number of aryl methyl sites for hydroxylation is 1. The van der Waals surface area contributed by atoms with E-state index in [1.807, 2.05) is 24.0 Å². The van der Waals surface area contributed by atoms with E-state index in [1.54, 1.807) is 31.7 Å². The molecule has 1 amide bonds. The molecule has 1 atom stereocenters. The van der Waals surface area contributed by atoms with E-state index in [0.717, 1.165) is 11.5 Å². The number of aromatic nitrogens is 3. The highest BCUT2D eigenvalue weighted by atomic mass is 16.3. The maximum absolute atomic E-state index is 12.5. The minimum Gasteiger partial charge on any atom is -0.386 e. The molecule has 126 valence electrons. The molecule has 1 fully saturated rings. The number of rotatable bonds is 4. The Morgan fingerprint density at radius 1 is 1.42 bits per heavy atom. The third-order valence-corrected chi connectivity index (χ3v) is 4.19. The van der Waals surface area contributed by atoms with Crippen molar-refractivity contribution in [2.75, 3.05) is 31.6 Å². The van der Waals surface area contributed by atoms with Gasteiger partial charge in [-0.05, 0) is 25.5 Å². The van der Waals surface area contributed by atoms with Crippen molar-refractivity contribution in [3.63, 3.8) is 0 Å². The quantitative estimate of drug-likeness (QED) is 0.898. The van der Waals surface area contributed by atoms with E-state index in [1.165, 1.54) is 4.90 Å². The topological polar surface area (TPSA) is 82.5 Å². The summed E-state index contributed by atoms with van der Waals surface area (Å²) in [6.07, 6.45) is 5.50. The Bertz CT molecular complexity index is 724. The molecular weight excluding hydrogens is 306 g/mol. The summed E-state index contributed by atoms with van der Waals surface area (Å²) in [6, 6.07) is 5.35. The molecule has 1 aliphatic rings. The third-order valence-electron chi connectivity index (χ3n) is 4.19. The SMILES string of the molecule is Cc1cccc(C(=O)N(C)C[C@@]2(O)CCN(c3cnccn3)C2)n1. The van der Waals surface area contributed by atoms with E-state index in [2.05, 4.69) is 15.0 Å². The van der Waals surface area contributed by atoms with Crippen LogP contribution in [0.5, 0.6) is 0 Å². The standard InChI is InChI=1S/C17H21N5O2/c1-13-4-3-5-14(20-13)16(23)21(2)11-17(24)6-9-22(12-17)15-10-18-7-8-19-15/h3-5,7-8,10,24H,6,9,11-12H2,1-2H3/t17-/m0/s1. The molecule has 2 aromatic rings. The lowest BCUT2D eigenvalue weighted by Gasteiger charge is -2.29. The van der Waals surface area contributed by atoms with Crippen LogP contribution in [0.15, 0.2) is 36.8 Å². The second-order valence-corrected chi connectivity index (χ2v) is 6.28. The fraction of sp³-hybridized carbons (Fsp3) is 0.412. The average molecular weight is 327 g/mol. The van der Waals surface area contributed by atoms with Gasteiger partial charge in [0.25, 0.3) is 5.91 Å². The molecular formula is C17H21N5O2. The van der Waals surface area contributed by atoms with Gasteiger partial charge in [-0.2, -0.15) is 0 Å². The summed E-state index contributed by atoms with van der Waals surface area (Å²) in [5.74, 6) is 0.549. The Hall–Kier alpha value is -2.54. The molecule has 1 N–H and O–H groups in total. The first-order valence-electron chi connectivity index (χ1n) is 7.89. The largest absolute Gasteiger partial charge is 0.386 e. The van der Waals surface area contributed by atoms with Crippen LogP contribution < -0.4 is 4.90 Å². The molecule has 0 aromatic carbocycles. The number of hydrogen-bond acceptors (Lipinski definition) is 6. The van der Waals surface area contributed by atoms with Gasteiger partial charge in [-0.1, -0.05) is 6.07 Å². The summed E-state index contributed by atoms with van der Waals surface area (Å²) in [5, 5.41) is 10.8. The molecule has 0 spiro atoms. The van der Waals surface area contributed by atoms with Crippen LogP contribution >= 0.6 is 0 Å². The molecule has 0 saturated carbocycles. The highest BCUT2D eigenvalue weighted by molar-refractivity contribution is 5.92. The number of likely N-dealkylation sites (N-methyl/N-ethyl adjacent to an activating group) is 1. The first kappa shape index (κ1) is 16.3. The summed E-state index contributed by atoms with van der Waals surface area (Å²) in [7, 11) is 1.69. The van der Waals surface area contributed by atoms with Gasteiger partial charge in [-0.25, -0.2) is 9.97 Å². The van der Waals surface area contributed by atoms with E-state index in [9.17, 15) is 9.90 Å².